The Morgan fingerprint density at radius 2 is 2.39 bits per heavy atom. The largest absolute Gasteiger partial charge is 0.310 e. The van der Waals surface area contributed by atoms with E-state index in [1.165, 1.54) is 36.7 Å². The summed E-state index contributed by atoms with van der Waals surface area (Å²) in [7, 11) is 2.23. The number of fused-ring (bicyclic) bond motifs is 1. The number of nitrogens with one attached hydrogen (secondary N) is 1. The molecule has 0 aliphatic carbocycles. The Morgan fingerprint density at radius 1 is 1.50 bits per heavy atom. The van der Waals surface area contributed by atoms with Gasteiger partial charge in [-0.1, -0.05) is 6.92 Å². The Balaban J connectivity index is 1.60. The maximum atomic E-state index is 3.82. The van der Waals surface area contributed by atoms with E-state index < -0.39 is 0 Å². The molecule has 1 saturated heterocycles. The van der Waals surface area contributed by atoms with Gasteiger partial charge in [0.1, 0.15) is 0 Å². The van der Waals surface area contributed by atoms with Crippen LogP contribution in [0, 0.1) is 5.92 Å². The van der Waals surface area contributed by atoms with Crippen LogP contribution in [-0.4, -0.2) is 36.8 Å². The Labute approximate surface area is 118 Å². The molecule has 0 aromatic carbocycles. The minimum absolute atomic E-state index is 0.591. The molecule has 2 unspecified atom stereocenters. The zero-order valence-electron chi connectivity index (χ0n) is 11.2. The molecule has 1 aromatic heterocycles. The number of thiophene rings is 1. The molecule has 2 nitrogen and oxygen atoms in total. The molecule has 100 valence electrons. The lowest BCUT2D eigenvalue weighted by Crippen LogP contribution is -2.31. The highest BCUT2D eigenvalue weighted by molar-refractivity contribution is 8.01. The third-order valence-electron chi connectivity index (χ3n) is 4.05. The van der Waals surface area contributed by atoms with E-state index in [9.17, 15) is 0 Å². The molecule has 3 rings (SSSR count). The molecule has 2 aliphatic heterocycles. The fourth-order valence-electron chi connectivity index (χ4n) is 3.04. The monoisotopic (exact) mass is 282 g/mol. The number of hydrogen-bond donors (Lipinski definition) is 1. The smallest absolute Gasteiger partial charge is 0.0649 e. The number of hydrogen-bond acceptors (Lipinski definition) is 4. The minimum Gasteiger partial charge on any atom is -0.310 e. The van der Waals surface area contributed by atoms with Gasteiger partial charge in [-0.3, -0.25) is 0 Å². The van der Waals surface area contributed by atoms with Crippen molar-refractivity contribution in [1.82, 2.24) is 10.2 Å². The zero-order chi connectivity index (χ0) is 12.5. The van der Waals surface area contributed by atoms with Gasteiger partial charge in [0.25, 0.3) is 0 Å². The molecule has 2 aliphatic rings. The van der Waals surface area contributed by atoms with Gasteiger partial charge in [0, 0.05) is 17.8 Å². The van der Waals surface area contributed by atoms with Crippen molar-refractivity contribution in [2.45, 2.75) is 35.3 Å². The normalized spacial score (nSPS) is 32.7. The van der Waals surface area contributed by atoms with Crippen molar-refractivity contribution in [3.05, 3.63) is 17.0 Å². The average Bonchev–Trinajstić information content (AvgIpc) is 2.94. The van der Waals surface area contributed by atoms with E-state index in [0.29, 0.717) is 6.04 Å². The molecule has 1 N–H and O–H groups in total. The van der Waals surface area contributed by atoms with Crippen molar-refractivity contribution in [1.29, 1.82) is 0 Å². The van der Waals surface area contributed by atoms with Crippen LogP contribution in [0.4, 0.5) is 0 Å². The lowest BCUT2D eigenvalue weighted by molar-refractivity contribution is 0.374. The molecule has 1 fully saturated rings. The van der Waals surface area contributed by atoms with Crippen LogP contribution < -0.4 is 5.32 Å². The Kier molecular flexibility index (Phi) is 3.99. The summed E-state index contributed by atoms with van der Waals surface area (Å²) >= 11 is 3.96. The molecule has 1 aromatic rings. The highest BCUT2D eigenvalue weighted by atomic mass is 32.2. The lowest BCUT2D eigenvalue weighted by Gasteiger charge is -2.28. The first-order valence-corrected chi connectivity index (χ1v) is 8.64. The fraction of sp³-hybridized carbons (Fsp3) is 0.714. The number of rotatable bonds is 3. The number of thioether (sulfide) groups is 1. The summed E-state index contributed by atoms with van der Waals surface area (Å²) in [6, 6.07) is 2.91. The number of nitrogens with zero attached hydrogens (tertiary/aromatic N) is 1. The number of likely N-dealkylation sites (tertiary alicyclic amines) is 1. The van der Waals surface area contributed by atoms with Crippen molar-refractivity contribution in [2.75, 3.05) is 26.7 Å². The fourth-order valence-corrected chi connectivity index (χ4v) is 5.61. The van der Waals surface area contributed by atoms with Crippen molar-refractivity contribution in [2.24, 2.45) is 5.92 Å². The van der Waals surface area contributed by atoms with Crippen LogP contribution >= 0.6 is 23.1 Å². The van der Waals surface area contributed by atoms with Crippen molar-refractivity contribution in [3.8, 4) is 0 Å². The van der Waals surface area contributed by atoms with Crippen LogP contribution in [0.15, 0.2) is 15.7 Å². The summed E-state index contributed by atoms with van der Waals surface area (Å²) < 4.78 is 1.54. The highest BCUT2D eigenvalue weighted by Gasteiger charge is 2.27. The van der Waals surface area contributed by atoms with E-state index in [0.717, 1.165) is 11.2 Å². The quantitative estimate of drug-likeness (QED) is 0.916. The van der Waals surface area contributed by atoms with Gasteiger partial charge in [-0.2, -0.15) is 0 Å². The molecule has 0 amide bonds. The molecule has 0 bridgehead atoms. The minimum atomic E-state index is 0.591. The summed E-state index contributed by atoms with van der Waals surface area (Å²) in [6.07, 6.45) is 2.63. The highest BCUT2D eigenvalue weighted by Crippen LogP contribution is 2.43. The van der Waals surface area contributed by atoms with Crippen molar-refractivity contribution >= 4 is 23.1 Å². The summed E-state index contributed by atoms with van der Waals surface area (Å²) in [5.41, 5.74) is 1.55. The molecule has 0 radical (unpaired) electrons. The zero-order valence-corrected chi connectivity index (χ0v) is 12.8. The summed E-state index contributed by atoms with van der Waals surface area (Å²) in [5.74, 6) is 0.849. The predicted octanol–water partition coefficient (Wildman–Crippen LogP) is 3.21. The van der Waals surface area contributed by atoms with Gasteiger partial charge < -0.3 is 10.2 Å². The Hall–Kier alpha value is -0.0300. The van der Waals surface area contributed by atoms with E-state index in [1.54, 1.807) is 5.56 Å². The van der Waals surface area contributed by atoms with Gasteiger partial charge in [0.2, 0.25) is 0 Å². The van der Waals surface area contributed by atoms with E-state index in [1.807, 2.05) is 11.3 Å². The third-order valence-corrected chi connectivity index (χ3v) is 6.40. The maximum Gasteiger partial charge on any atom is 0.0649 e. The van der Waals surface area contributed by atoms with Gasteiger partial charge in [0.05, 0.1) is 4.21 Å². The Bertz CT molecular complexity index is 404. The summed E-state index contributed by atoms with van der Waals surface area (Å²) in [5, 5.41) is 6.82. The second-order valence-corrected chi connectivity index (χ2v) is 8.33. The van der Waals surface area contributed by atoms with Crippen LogP contribution in [0.2, 0.25) is 0 Å². The second-order valence-electron chi connectivity index (χ2n) is 5.71. The molecular weight excluding hydrogens is 260 g/mol. The van der Waals surface area contributed by atoms with Gasteiger partial charge in [0.15, 0.2) is 0 Å². The van der Waals surface area contributed by atoms with Crippen LogP contribution in [-0.2, 0) is 0 Å². The average molecular weight is 282 g/mol. The first-order chi connectivity index (χ1) is 8.72. The van der Waals surface area contributed by atoms with E-state index in [-0.39, 0.29) is 0 Å². The molecule has 0 saturated carbocycles. The molecular formula is C14H22N2S2. The van der Waals surface area contributed by atoms with Gasteiger partial charge in [-0.25, -0.2) is 0 Å². The maximum absolute atomic E-state index is 3.82. The van der Waals surface area contributed by atoms with Crippen LogP contribution in [0.5, 0.6) is 0 Å². The van der Waals surface area contributed by atoms with E-state index in [2.05, 4.69) is 47.4 Å². The molecule has 3 heterocycles. The first kappa shape index (κ1) is 13.0. The Morgan fingerprint density at radius 3 is 3.17 bits per heavy atom. The molecule has 3 atom stereocenters. The van der Waals surface area contributed by atoms with Crippen LogP contribution in [0.25, 0.3) is 0 Å². The van der Waals surface area contributed by atoms with Crippen molar-refractivity contribution < 1.29 is 0 Å². The molecule has 18 heavy (non-hydrogen) atoms. The van der Waals surface area contributed by atoms with Crippen LogP contribution in [0.1, 0.15) is 31.4 Å². The second kappa shape index (κ2) is 5.53. The van der Waals surface area contributed by atoms with Gasteiger partial charge in [-0.05, 0) is 55.9 Å². The van der Waals surface area contributed by atoms with E-state index in [4.69, 9.17) is 0 Å². The topological polar surface area (TPSA) is 15.3 Å². The SMILES string of the molecule is C[C@H]1CC(NCC2CCN(C)C2)c2ccsc2S1. The van der Waals surface area contributed by atoms with E-state index >= 15 is 0 Å². The molecule has 4 heteroatoms. The van der Waals surface area contributed by atoms with Gasteiger partial charge >= 0.3 is 0 Å². The van der Waals surface area contributed by atoms with Crippen molar-refractivity contribution in [3.63, 3.8) is 0 Å². The van der Waals surface area contributed by atoms with Gasteiger partial charge in [-0.15, -0.1) is 23.1 Å². The summed E-state index contributed by atoms with van der Waals surface area (Å²) in [4.78, 5) is 2.45. The standard InChI is InChI=1S/C14H22N2S2/c1-10-7-13(12-4-6-17-14(12)18-10)15-8-11-3-5-16(2)9-11/h4,6,10-11,13,15H,3,5,7-9H2,1-2H3/t10-,11?,13?/m0/s1. The first-order valence-electron chi connectivity index (χ1n) is 6.88. The summed E-state index contributed by atoms with van der Waals surface area (Å²) in [6.45, 7) is 6.07. The van der Waals surface area contributed by atoms with Crippen LogP contribution in [0.3, 0.4) is 0 Å². The molecule has 0 spiro atoms. The lowest BCUT2D eigenvalue weighted by atomic mass is 10.0. The third kappa shape index (κ3) is 2.77. The predicted molar refractivity (Wildman–Crippen MR) is 80.6 cm³/mol.